The standard InChI is InChI=1S/C28H35N7O4/c1-18-14-19-15-21(23(38-5)16-35(19)31-18)30-25(36)33-11-7-20-22(6-10-29-24(20)33)32-12-13-34(28(17-32)8-9-28)26(37)39-27(2,3)4/h6,10,14-16H,7-9,11-13,17H2,1-5H3,(H,30,36). The molecule has 6 rings (SSSR count). The molecule has 1 saturated carbocycles. The topological polar surface area (TPSA) is 105 Å². The summed E-state index contributed by atoms with van der Waals surface area (Å²) in [5, 5.41) is 7.43. The van der Waals surface area contributed by atoms with Crippen LogP contribution in [0.2, 0.25) is 0 Å². The number of rotatable bonds is 3. The first-order valence-electron chi connectivity index (χ1n) is 13.4. The molecule has 206 valence electrons. The summed E-state index contributed by atoms with van der Waals surface area (Å²) in [5.41, 5.74) is 3.76. The lowest BCUT2D eigenvalue weighted by Crippen LogP contribution is -2.58. The van der Waals surface area contributed by atoms with E-state index in [-0.39, 0.29) is 17.7 Å². The fourth-order valence-electron chi connectivity index (χ4n) is 5.72. The van der Waals surface area contributed by atoms with Crippen molar-refractivity contribution in [2.45, 2.75) is 58.1 Å². The third-order valence-electron chi connectivity index (χ3n) is 7.67. The van der Waals surface area contributed by atoms with E-state index in [1.807, 2.05) is 50.8 Å². The quantitative estimate of drug-likeness (QED) is 0.537. The van der Waals surface area contributed by atoms with E-state index < -0.39 is 5.60 Å². The lowest BCUT2D eigenvalue weighted by molar-refractivity contribution is 0.0106. The van der Waals surface area contributed by atoms with Crippen molar-refractivity contribution in [3.05, 3.63) is 41.9 Å². The molecule has 1 spiro atoms. The first-order chi connectivity index (χ1) is 18.6. The fourth-order valence-corrected chi connectivity index (χ4v) is 5.72. The Labute approximate surface area is 227 Å². The first kappa shape index (κ1) is 25.3. The largest absolute Gasteiger partial charge is 0.493 e. The summed E-state index contributed by atoms with van der Waals surface area (Å²) in [6.07, 6.45) is 5.93. The molecule has 0 radical (unpaired) electrons. The smallest absolute Gasteiger partial charge is 0.410 e. The Morgan fingerprint density at radius 1 is 1.13 bits per heavy atom. The van der Waals surface area contributed by atoms with Crippen LogP contribution in [0.4, 0.5) is 26.8 Å². The van der Waals surface area contributed by atoms with Crippen LogP contribution in [0.1, 0.15) is 44.9 Å². The molecule has 5 heterocycles. The van der Waals surface area contributed by atoms with Crippen LogP contribution in [0.15, 0.2) is 30.6 Å². The van der Waals surface area contributed by atoms with Gasteiger partial charge >= 0.3 is 12.1 Å². The van der Waals surface area contributed by atoms with Crippen molar-refractivity contribution in [3.63, 3.8) is 0 Å². The maximum atomic E-state index is 13.4. The molecule has 0 atom stereocenters. The maximum Gasteiger partial charge on any atom is 0.410 e. The van der Waals surface area contributed by atoms with Gasteiger partial charge in [-0.15, -0.1) is 0 Å². The van der Waals surface area contributed by atoms with E-state index in [9.17, 15) is 9.59 Å². The van der Waals surface area contributed by atoms with Gasteiger partial charge in [0.1, 0.15) is 11.4 Å². The summed E-state index contributed by atoms with van der Waals surface area (Å²) in [6, 6.07) is 5.57. The highest BCUT2D eigenvalue weighted by atomic mass is 16.6. The number of carbonyl (C=O) groups is 2. The normalized spacial score (nSPS) is 17.9. The summed E-state index contributed by atoms with van der Waals surface area (Å²) in [7, 11) is 1.57. The monoisotopic (exact) mass is 533 g/mol. The third-order valence-corrected chi connectivity index (χ3v) is 7.67. The second-order valence-electron chi connectivity index (χ2n) is 11.7. The van der Waals surface area contributed by atoms with Gasteiger partial charge in [-0.3, -0.25) is 9.80 Å². The van der Waals surface area contributed by atoms with Gasteiger partial charge in [0.2, 0.25) is 0 Å². The molecule has 3 aromatic heterocycles. The Morgan fingerprint density at radius 3 is 2.64 bits per heavy atom. The van der Waals surface area contributed by atoms with Crippen LogP contribution in [-0.2, 0) is 11.2 Å². The van der Waals surface area contributed by atoms with Crippen molar-refractivity contribution in [1.82, 2.24) is 19.5 Å². The Hall–Kier alpha value is -4.02. The summed E-state index contributed by atoms with van der Waals surface area (Å²) >= 11 is 0. The number of aryl methyl sites for hydroxylation is 1. The number of nitrogens with one attached hydrogen (secondary N) is 1. The second-order valence-corrected chi connectivity index (χ2v) is 11.7. The molecular formula is C28H35N7O4. The molecular weight excluding hydrogens is 498 g/mol. The number of nitrogens with zero attached hydrogens (tertiary/aromatic N) is 6. The Morgan fingerprint density at radius 2 is 1.92 bits per heavy atom. The lowest BCUT2D eigenvalue weighted by atomic mass is 10.1. The molecule has 1 aliphatic carbocycles. The Kier molecular flexibility index (Phi) is 5.85. The zero-order valence-electron chi connectivity index (χ0n) is 23.2. The number of pyridine rings is 2. The van der Waals surface area contributed by atoms with Gasteiger partial charge in [-0.05, 0) is 65.2 Å². The number of ether oxygens (including phenoxy) is 2. The number of anilines is 3. The molecule has 3 aromatic rings. The summed E-state index contributed by atoms with van der Waals surface area (Å²) in [4.78, 5) is 36.9. The number of hydrogen-bond donors (Lipinski definition) is 1. The summed E-state index contributed by atoms with van der Waals surface area (Å²) < 4.78 is 12.9. The predicted molar refractivity (Wildman–Crippen MR) is 148 cm³/mol. The number of aromatic nitrogens is 3. The molecule has 2 aliphatic heterocycles. The van der Waals surface area contributed by atoms with Gasteiger partial charge < -0.3 is 19.7 Å². The van der Waals surface area contributed by atoms with Crippen molar-refractivity contribution in [3.8, 4) is 5.75 Å². The van der Waals surface area contributed by atoms with Crippen molar-refractivity contribution >= 4 is 34.8 Å². The van der Waals surface area contributed by atoms with E-state index in [0.29, 0.717) is 43.3 Å². The molecule has 0 aromatic carbocycles. The molecule has 1 N–H and O–H groups in total. The zero-order valence-corrected chi connectivity index (χ0v) is 23.2. The molecule has 0 bridgehead atoms. The molecule has 0 unspecified atom stereocenters. The van der Waals surface area contributed by atoms with E-state index >= 15 is 0 Å². The highest BCUT2D eigenvalue weighted by molar-refractivity contribution is 6.04. The molecule has 1 saturated heterocycles. The third kappa shape index (κ3) is 4.59. The highest BCUT2D eigenvalue weighted by Crippen LogP contribution is 2.47. The maximum absolute atomic E-state index is 13.4. The number of fused-ring (bicyclic) bond motifs is 2. The van der Waals surface area contributed by atoms with Crippen molar-refractivity contribution in [1.29, 1.82) is 0 Å². The lowest BCUT2D eigenvalue weighted by Gasteiger charge is -2.43. The van der Waals surface area contributed by atoms with E-state index in [4.69, 9.17) is 9.47 Å². The van der Waals surface area contributed by atoms with Gasteiger partial charge in [0.15, 0.2) is 5.75 Å². The van der Waals surface area contributed by atoms with Crippen LogP contribution in [0, 0.1) is 6.92 Å². The van der Waals surface area contributed by atoms with Crippen LogP contribution in [0.3, 0.4) is 0 Å². The Bertz CT molecular complexity index is 1460. The van der Waals surface area contributed by atoms with E-state index in [2.05, 4.69) is 20.3 Å². The minimum Gasteiger partial charge on any atom is -0.493 e. The number of methoxy groups -OCH3 is 1. The minimum absolute atomic E-state index is 0.187. The highest BCUT2D eigenvalue weighted by Gasteiger charge is 2.54. The van der Waals surface area contributed by atoms with Crippen LogP contribution in [-0.4, -0.2) is 76.1 Å². The average molecular weight is 534 g/mol. The van der Waals surface area contributed by atoms with Crippen LogP contribution in [0.25, 0.3) is 5.52 Å². The van der Waals surface area contributed by atoms with Crippen molar-refractivity contribution in [2.75, 3.05) is 48.4 Å². The van der Waals surface area contributed by atoms with E-state index in [1.165, 1.54) is 0 Å². The number of piperazine rings is 1. The molecule has 39 heavy (non-hydrogen) atoms. The molecule has 11 nitrogen and oxygen atoms in total. The van der Waals surface area contributed by atoms with E-state index in [0.717, 1.165) is 41.8 Å². The SMILES string of the molecule is COc1cn2nc(C)cc2cc1NC(=O)N1CCc2c(N3CCN(C(=O)OC(C)(C)C)C4(CC4)C3)ccnc21. The fraction of sp³-hybridized carbons (Fsp3) is 0.500. The van der Waals surface area contributed by atoms with Gasteiger partial charge in [0.05, 0.1) is 35.7 Å². The number of urea groups is 1. The van der Waals surface area contributed by atoms with Crippen LogP contribution < -0.4 is 19.9 Å². The van der Waals surface area contributed by atoms with Gasteiger partial charge in [0, 0.05) is 43.6 Å². The zero-order chi connectivity index (χ0) is 27.5. The van der Waals surface area contributed by atoms with E-state index in [1.54, 1.807) is 28.9 Å². The molecule has 3 aliphatic rings. The number of amides is 3. The Balaban J connectivity index is 1.20. The van der Waals surface area contributed by atoms with Gasteiger partial charge in [-0.1, -0.05) is 0 Å². The van der Waals surface area contributed by atoms with Crippen LogP contribution >= 0.6 is 0 Å². The van der Waals surface area contributed by atoms with Crippen molar-refractivity contribution < 1.29 is 19.1 Å². The average Bonchev–Trinajstić information content (AvgIpc) is 3.31. The molecule has 3 amide bonds. The summed E-state index contributed by atoms with van der Waals surface area (Å²) in [6.45, 7) is 10.2. The number of hydrogen-bond acceptors (Lipinski definition) is 7. The van der Waals surface area contributed by atoms with Gasteiger partial charge in [-0.25, -0.2) is 19.1 Å². The van der Waals surface area contributed by atoms with Crippen LogP contribution in [0.5, 0.6) is 5.75 Å². The predicted octanol–water partition coefficient (Wildman–Crippen LogP) is 4.23. The number of carbonyl (C=O) groups excluding carboxylic acids is 2. The van der Waals surface area contributed by atoms with Gasteiger partial charge in [0.25, 0.3) is 0 Å². The minimum atomic E-state index is -0.520. The first-order valence-corrected chi connectivity index (χ1v) is 13.4. The second kappa shape index (κ2) is 9.03. The summed E-state index contributed by atoms with van der Waals surface area (Å²) in [5.74, 6) is 1.20. The molecule has 2 fully saturated rings. The van der Waals surface area contributed by atoms with Crippen molar-refractivity contribution in [2.24, 2.45) is 0 Å². The molecule has 11 heteroatoms. The van der Waals surface area contributed by atoms with Gasteiger partial charge in [-0.2, -0.15) is 5.10 Å².